The van der Waals surface area contributed by atoms with E-state index >= 15 is 0 Å². The molecule has 0 saturated heterocycles. The Hall–Kier alpha value is -2.80. The highest BCUT2D eigenvalue weighted by Crippen LogP contribution is 2.35. The van der Waals surface area contributed by atoms with Crippen molar-refractivity contribution in [2.24, 2.45) is 18.8 Å². The van der Waals surface area contributed by atoms with Crippen LogP contribution >= 0.6 is 0 Å². The number of amides is 1. The third-order valence-corrected chi connectivity index (χ3v) is 4.24. The van der Waals surface area contributed by atoms with Gasteiger partial charge >= 0.3 is 0 Å². The highest BCUT2D eigenvalue weighted by atomic mass is 16.2. The van der Waals surface area contributed by atoms with Crippen LogP contribution in [0.15, 0.2) is 24.4 Å². The molecular weight excluding hydrogens is 294 g/mol. The number of fused-ring (bicyclic) bond motifs is 3. The fourth-order valence-corrected chi connectivity index (χ4v) is 2.90. The van der Waals surface area contributed by atoms with Crippen molar-refractivity contribution >= 4 is 33.5 Å². The average Bonchev–Trinajstić information content (AvgIpc) is 3.36. The van der Waals surface area contributed by atoms with Gasteiger partial charge in [-0.2, -0.15) is 5.10 Å². The number of nitrogen functional groups attached to an aromatic ring is 1. The second-order valence-electron chi connectivity index (χ2n) is 5.84. The fourth-order valence-electron chi connectivity index (χ4n) is 2.90. The Kier molecular flexibility index (Phi) is 2.92. The first-order valence-electron chi connectivity index (χ1n) is 7.41. The van der Waals surface area contributed by atoms with Gasteiger partial charge in [0.1, 0.15) is 5.69 Å². The van der Waals surface area contributed by atoms with Crippen molar-refractivity contribution < 1.29 is 9.59 Å². The topological polar surface area (TPSA) is 103 Å². The van der Waals surface area contributed by atoms with Gasteiger partial charge in [0, 0.05) is 35.5 Å². The number of Topliss-reactive ketones (excluding diaryl/α,β-unsaturated/α-hetero) is 1. The molecule has 1 aliphatic carbocycles. The number of pyridine rings is 1. The number of aromatic nitrogens is 3. The van der Waals surface area contributed by atoms with E-state index in [1.165, 1.54) is 0 Å². The number of aryl methyl sites for hydroxylation is 1. The minimum absolute atomic E-state index is 0.0765. The highest BCUT2D eigenvalue weighted by molar-refractivity contribution is 6.14. The van der Waals surface area contributed by atoms with Gasteiger partial charge in [-0.05, 0) is 31.0 Å². The Morgan fingerprint density at radius 3 is 2.78 bits per heavy atom. The summed E-state index contributed by atoms with van der Waals surface area (Å²) in [5.41, 5.74) is 4.55. The summed E-state index contributed by atoms with van der Waals surface area (Å²) in [6, 6.07) is 5.14. The van der Waals surface area contributed by atoms with Gasteiger partial charge in [0.2, 0.25) is 0 Å². The number of carbonyl (C=O) groups is 2. The molecular formula is C16H15N5O2. The first kappa shape index (κ1) is 13.8. The largest absolute Gasteiger partial charge is 0.292 e. The first-order valence-corrected chi connectivity index (χ1v) is 7.41. The van der Waals surface area contributed by atoms with Crippen LogP contribution in [0.5, 0.6) is 0 Å². The third kappa shape index (κ3) is 2.08. The van der Waals surface area contributed by atoms with E-state index in [4.69, 9.17) is 5.84 Å². The summed E-state index contributed by atoms with van der Waals surface area (Å²) in [6.45, 7) is 0. The molecule has 1 aliphatic rings. The van der Waals surface area contributed by atoms with E-state index in [0.717, 1.165) is 34.6 Å². The van der Waals surface area contributed by atoms with E-state index in [0.29, 0.717) is 11.3 Å². The Balaban J connectivity index is 1.99. The van der Waals surface area contributed by atoms with Crippen LogP contribution in [0, 0.1) is 5.92 Å². The monoisotopic (exact) mass is 309 g/mol. The predicted molar refractivity (Wildman–Crippen MR) is 84.7 cm³/mol. The summed E-state index contributed by atoms with van der Waals surface area (Å²) >= 11 is 0. The van der Waals surface area contributed by atoms with Crippen LogP contribution in [-0.4, -0.2) is 26.5 Å². The molecule has 1 amide bonds. The Morgan fingerprint density at radius 2 is 2.09 bits per heavy atom. The number of carbonyl (C=O) groups excluding carboxylic acids is 2. The molecule has 3 N–H and O–H groups in total. The number of rotatable bonds is 3. The average molecular weight is 309 g/mol. The SMILES string of the molecule is Cn1nc(C(=O)C2CC2)c2cnc3ccc(C(=O)NN)cc3c21. The zero-order valence-electron chi connectivity index (χ0n) is 12.5. The Labute approximate surface area is 131 Å². The minimum atomic E-state index is -0.375. The molecule has 4 rings (SSSR count). The standard InChI is InChI=1S/C16H15N5O2/c1-21-14-10-6-9(16(23)19-17)4-5-12(10)18-7-11(14)13(20-21)15(22)8-2-3-8/h4-8H,2-3,17H2,1H3,(H,19,23). The fraction of sp³-hybridized carbons (Fsp3) is 0.250. The van der Waals surface area contributed by atoms with Crippen LogP contribution < -0.4 is 11.3 Å². The number of nitrogens with two attached hydrogens (primary N) is 1. The molecule has 1 saturated carbocycles. The first-order chi connectivity index (χ1) is 11.1. The lowest BCUT2D eigenvalue weighted by Gasteiger charge is -2.04. The van der Waals surface area contributed by atoms with Gasteiger partial charge in [0.05, 0.1) is 11.0 Å². The molecule has 2 aromatic heterocycles. The Bertz CT molecular complexity index is 971. The zero-order chi connectivity index (χ0) is 16.1. The molecule has 2 heterocycles. The van der Waals surface area contributed by atoms with Gasteiger partial charge in [-0.25, -0.2) is 5.84 Å². The summed E-state index contributed by atoms with van der Waals surface area (Å²) in [5, 5.41) is 5.89. The summed E-state index contributed by atoms with van der Waals surface area (Å²) in [5.74, 6) is 4.99. The number of benzene rings is 1. The molecule has 23 heavy (non-hydrogen) atoms. The molecule has 3 aromatic rings. The quantitative estimate of drug-likeness (QED) is 0.329. The zero-order valence-corrected chi connectivity index (χ0v) is 12.5. The maximum absolute atomic E-state index is 12.4. The summed E-state index contributed by atoms with van der Waals surface area (Å²) in [6.07, 6.45) is 3.54. The molecule has 116 valence electrons. The molecule has 0 spiro atoms. The van der Waals surface area contributed by atoms with Crippen LogP contribution in [0.3, 0.4) is 0 Å². The van der Waals surface area contributed by atoms with Crippen LogP contribution in [0.4, 0.5) is 0 Å². The lowest BCUT2D eigenvalue weighted by molar-refractivity contribution is 0.0949. The molecule has 0 aliphatic heterocycles. The Morgan fingerprint density at radius 1 is 1.30 bits per heavy atom. The number of hydrazine groups is 1. The van der Waals surface area contributed by atoms with E-state index < -0.39 is 0 Å². The van der Waals surface area contributed by atoms with Crippen molar-refractivity contribution in [2.45, 2.75) is 12.8 Å². The summed E-state index contributed by atoms with van der Waals surface area (Å²) < 4.78 is 1.68. The molecule has 7 nitrogen and oxygen atoms in total. The van der Waals surface area contributed by atoms with E-state index in [1.54, 1.807) is 36.1 Å². The molecule has 0 radical (unpaired) electrons. The minimum Gasteiger partial charge on any atom is -0.292 e. The number of hydrogen-bond acceptors (Lipinski definition) is 5. The van der Waals surface area contributed by atoms with Gasteiger partial charge < -0.3 is 0 Å². The van der Waals surface area contributed by atoms with E-state index in [2.05, 4.69) is 15.5 Å². The van der Waals surface area contributed by atoms with E-state index in [1.807, 2.05) is 0 Å². The summed E-state index contributed by atoms with van der Waals surface area (Å²) in [7, 11) is 1.79. The van der Waals surface area contributed by atoms with Crippen LogP contribution in [0.25, 0.3) is 21.8 Å². The van der Waals surface area contributed by atoms with Crippen LogP contribution in [0.2, 0.25) is 0 Å². The van der Waals surface area contributed by atoms with Gasteiger partial charge in [-0.15, -0.1) is 0 Å². The van der Waals surface area contributed by atoms with E-state index in [-0.39, 0.29) is 17.6 Å². The molecule has 1 fully saturated rings. The molecule has 7 heteroatoms. The lowest BCUT2D eigenvalue weighted by atomic mass is 10.1. The number of hydrogen-bond donors (Lipinski definition) is 2. The van der Waals surface area contributed by atoms with Crippen molar-refractivity contribution in [1.82, 2.24) is 20.2 Å². The number of ketones is 1. The maximum Gasteiger partial charge on any atom is 0.265 e. The number of nitrogens with one attached hydrogen (secondary N) is 1. The van der Waals surface area contributed by atoms with Gasteiger partial charge in [-0.3, -0.25) is 24.7 Å². The van der Waals surface area contributed by atoms with Crippen molar-refractivity contribution in [3.63, 3.8) is 0 Å². The van der Waals surface area contributed by atoms with Gasteiger partial charge in [-0.1, -0.05) is 0 Å². The third-order valence-electron chi connectivity index (χ3n) is 4.24. The molecule has 1 aromatic carbocycles. The van der Waals surface area contributed by atoms with Crippen molar-refractivity contribution in [1.29, 1.82) is 0 Å². The smallest absolute Gasteiger partial charge is 0.265 e. The number of nitrogens with zero attached hydrogens (tertiary/aromatic N) is 3. The van der Waals surface area contributed by atoms with Crippen molar-refractivity contribution in [2.75, 3.05) is 0 Å². The lowest BCUT2D eigenvalue weighted by Crippen LogP contribution is -2.29. The van der Waals surface area contributed by atoms with Crippen molar-refractivity contribution in [3.8, 4) is 0 Å². The van der Waals surface area contributed by atoms with Gasteiger partial charge in [0.25, 0.3) is 5.91 Å². The van der Waals surface area contributed by atoms with Crippen LogP contribution in [-0.2, 0) is 7.05 Å². The second kappa shape index (κ2) is 4.85. The normalized spacial score (nSPS) is 14.3. The predicted octanol–water partition coefficient (Wildman–Crippen LogP) is 1.32. The molecule has 0 unspecified atom stereocenters. The highest BCUT2D eigenvalue weighted by Gasteiger charge is 2.33. The van der Waals surface area contributed by atoms with E-state index in [9.17, 15) is 9.59 Å². The van der Waals surface area contributed by atoms with Crippen molar-refractivity contribution in [3.05, 3.63) is 35.7 Å². The van der Waals surface area contributed by atoms with Crippen LogP contribution in [0.1, 0.15) is 33.7 Å². The second-order valence-corrected chi connectivity index (χ2v) is 5.84. The molecule has 0 atom stereocenters. The maximum atomic E-state index is 12.4. The van der Waals surface area contributed by atoms with Gasteiger partial charge in [0.15, 0.2) is 5.78 Å². The molecule has 0 bridgehead atoms. The summed E-state index contributed by atoms with van der Waals surface area (Å²) in [4.78, 5) is 28.6.